The summed E-state index contributed by atoms with van der Waals surface area (Å²) in [5.41, 5.74) is 0. The molecule has 5 heavy (non-hydrogen) atoms. The maximum Gasteiger partial charge on any atom is 0.0887 e. The molecule has 0 rings (SSSR count). The van der Waals surface area contributed by atoms with Crippen LogP contribution in [0.25, 0.3) is 0 Å². The van der Waals surface area contributed by atoms with Gasteiger partial charge in [0.25, 0.3) is 0 Å². The van der Waals surface area contributed by atoms with Crippen LogP contribution in [0.4, 0.5) is 0 Å². The van der Waals surface area contributed by atoms with Crippen LogP contribution in [-0.4, -0.2) is 5.25 Å². The standard InChI is InChI=1S/C3H4NS/c1-3(5)2-4/h3,5H,1H2. The van der Waals surface area contributed by atoms with Crippen molar-refractivity contribution < 1.29 is 0 Å². The fraction of sp³-hybridized carbons (Fsp3) is 0.333. The quantitative estimate of drug-likeness (QED) is 0.430. The van der Waals surface area contributed by atoms with Crippen LogP contribution in [-0.2, 0) is 0 Å². The summed E-state index contributed by atoms with van der Waals surface area (Å²) >= 11 is 3.63. The van der Waals surface area contributed by atoms with Gasteiger partial charge in [-0.05, 0) is 6.92 Å². The highest BCUT2D eigenvalue weighted by Crippen LogP contribution is 1.83. The second kappa shape index (κ2) is 2.10. The van der Waals surface area contributed by atoms with Crippen molar-refractivity contribution in [3.05, 3.63) is 6.92 Å². The summed E-state index contributed by atoms with van der Waals surface area (Å²) in [4.78, 5) is 0. The summed E-state index contributed by atoms with van der Waals surface area (Å²) in [6.07, 6.45) is 0. The Balaban J connectivity index is 2.94. The lowest BCUT2D eigenvalue weighted by molar-refractivity contribution is 1.38. The summed E-state index contributed by atoms with van der Waals surface area (Å²) < 4.78 is 0. The van der Waals surface area contributed by atoms with Crippen molar-refractivity contribution in [2.75, 3.05) is 0 Å². The Morgan fingerprint density at radius 1 is 2.00 bits per heavy atom. The van der Waals surface area contributed by atoms with Crippen molar-refractivity contribution in [2.45, 2.75) is 5.25 Å². The fourth-order valence-corrected chi connectivity index (χ4v) is 0. The first kappa shape index (κ1) is 4.84. The van der Waals surface area contributed by atoms with E-state index >= 15 is 0 Å². The third-order valence-corrected chi connectivity index (χ3v) is 0.264. The summed E-state index contributed by atoms with van der Waals surface area (Å²) in [6, 6.07) is 1.78. The molecule has 1 unspecified atom stereocenters. The van der Waals surface area contributed by atoms with Crippen LogP contribution in [0.5, 0.6) is 0 Å². The molecule has 0 saturated heterocycles. The molecule has 0 N–H and O–H groups in total. The number of nitrogens with zero attached hydrogens (tertiary/aromatic N) is 1. The van der Waals surface area contributed by atoms with Crippen LogP contribution >= 0.6 is 12.6 Å². The molecule has 0 aliphatic heterocycles. The minimum atomic E-state index is -0.366. The molecule has 0 fully saturated rings. The average Bonchev–Trinajstić information content (AvgIpc) is 1.38. The van der Waals surface area contributed by atoms with E-state index in [1.165, 1.54) is 0 Å². The predicted molar refractivity (Wildman–Crippen MR) is 23.7 cm³/mol. The number of hydrogen-bond acceptors (Lipinski definition) is 2. The van der Waals surface area contributed by atoms with Gasteiger partial charge in [-0.15, -0.1) is 0 Å². The molecule has 0 spiro atoms. The first-order valence-electron chi connectivity index (χ1n) is 1.18. The van der Waals surface area contributed by atoms with Gasteiger partial charge >= 0.3 is 0 Å². The van der Waals surface area contributed by atoms with E-state index in [9.17, 15) is 0 Å². The Kier molecular flexibility index (Phi) is 2.03. The van der Waals surface area contributed by atoms with Crippen LogP contribution in [0.1, 0.15) is 0 Å². The van der Waals surface area contributed by atoms with E-state index in [-0.39, 0.29) is 5.25 Å². The number of hydrogen-bond donors (Lipinski definition) is 1. The molecular formula is C3H4NS. The third-order valence-electron chi connectivity index (χ3n) is 0.149. The van der Waals surface area contributed by atoms with Gasteiger partial charge in [-0.2, -0.15) is 17.9 Å². The number of nitriles is 1. The molecule has 0 aromatic carbocycles. The van der Waals surface area contributed by atoms with E-state index in [2.05, 4.69) is 19.6 Å². The van der Waals surface area contributed by atoms with Crippen molar-refractivity contribution in [1.29, 1.82) is 5.26 Å². The number of rotatable bonds is 0. The molecule has 1 radical (unpaired) electrons. The molecule has 1 nitrogen and oxygen atoms in total. The van der Waals surface area contributed by atoms with Crippen molar-refractivity contribution in [2.24, 2.45) is 0 Å². The Morgan fingerprint density at radius 3 is 2.20 bits per heavy atom. The van der Waals surface area contributed by atoms with Crippen LogP contribution in [0.3, 0.4) is 0 Å². The largest absolute Gasteiger partial charge is 0.197 e. The van der Waals surface area contributed by atoms with Crippen molar-refractivity contribution in [3.8, 4) is 6.07 Å². The molecule has 27 valence electrons. The second-order valence-corrected chi connectivity index (χ2v) is 1.27. The van der Waals surface area contributed by atoms with E-state index in [0.29, 0.717) is 0 Å². The lowest BCUT2D eigenvalue weighted by Gasteiger charge is -1.74. The highest BCUT2D eigenvalue weighted by molar-refractivity contribution is 7.81. The van der Waals surface area contributed by atoms with Gasteiger partial charge in [-0.25, -0.2) is 0 Å². The molecule has 0 saturated carbocycles. The molecule has 0 aromatic heterocycles. The predicted octanol–water partition coefficient (Wildman–Crippen LogP) is 0.642. The highest BCUT2D eigenvalue weighted by Gasteiger charge is 1.80. The van der Waals surface area contributed by atoms with Crippen molar-refractivity contribution in [1.82, 2.24) is 0 Å². The second-order valence-electron chi connectivity index (χ2n) is 0.645. The SMILES string of the molecule is [CH2]C(S)C#N. The molecule has 0 aliphatic carbocycles. The number of thiol groups is 1. The minimum absolute atomic E-state index is 0.366. The topological polar surface area (TPSA) is 23.8 Å². The summed E-state index contributed by atoms with van der Waals surface area (Å²) in [7, 11) is 0. The fourth-order valence-electron chi connectivity index (χ4n) is 0. The van der Waals surface area contributed by atoms with Crippen LogP contribution in [0, 0.1) is 18.3 Å². The lowest BCUT2D eigenvalue weighted by Crippen LogP contribution is -1.78. The maximum absolute atomic E-state index is 7.75. The van der Waals surface area contributed by atoms with Gasteiger partial charge in [-0.3, -0.25) is 0 Å². The van der Waals surface area contributed by atoms with E-state index < -0.39 is 0 Å². The van der Waals surface area contributed by atoms with Crippen molar-refractivity contribution in [3.63, 3.8) is 0 Å². The zero-order chi connectivity index (χ0) is 4.28. The highest BCUT2D eigenvalue weighted by atomic mass is 32.1. The maximum atomic E-state index is 7.75. The van der Waals surface area contributed by atoms with E-state index in [1.54, 1.807) is 6.07 Å². The summed E-state index contributed by atoms with van der Waals surface area (Å²) in [6.45, 7) is 3.26. The van der Waals surface area contributed by atoms with E-state index in [4.69, 9.17) is 5.26 Å². The Hall–Kier alpha value is -0.160. The Bertz CT molecular complexity index is 52.4. The van der Waals surface area contributed by atoms with Gasteiger partial charge < -0.3 is 0 Å². The first-order chi connectivity index (χ1) is 2.27. The smallest absolute Gasteiger partial charge is 0.0887 e. The average molecular weight is 86.1 g/mol. The van der Waals surface area contributed by atoms with Gasteiger partial charge in [0.15, 0.2) is 0 Å². The van der Waals surface area contributed by atoms with Gasteiger partial charge in [-0.1, -0.05) is 0 Å². The lowest BCUT2D eigenvalue weighted by atomic mass is 10.5. The van der Waals surface area contributed by atoms with Gasteiger partial charge in [0.2, 0.25) is 0 Å². The molecule has 2 heteroatoms. The van der Waals surface area contributed by atoms with Crippen LogP contribution in [0.15, 0.2) is 0 Å². The normalized spacial score (nSPS) is 13.0. The zero-order valence-corrected chi connectivity index (χ0v) is 3.57. The van der Waals surface area contributed by atoms with E-state index in [1.807, 2.05) is 0 Å². The first-order valence-corrected chi connectivity index (χ1v) is 1.70. The molecule has 0 aromatic rings. The third kappa shape index (κ3) is 3.84. The molecule has 0 bridgehead atoms. The monoisotopic (exact) mass is 86.0 g/mol. The van der Waals surface area contributed by atoms with Gasteiger partial charge in [0.05, 0.1) is 11.3 Å². The van der Waals surface area contributed by atoms with Gasteiger partial charge in [0, 0.05) is 0 Å². The molecule has 0 amide bonds. The van der Waals surface area contributed by atoms with Crippen LogP contribution in [0.2, 0.25) is 0 Å². The molecule has 0 aliphatic rings. The zero-order valence-electron chi connectivity index (χ0n) is 2.68. The van der Waals surface area contributed by atoms with Crippen molar-refractivity contribution >= 4 is 12.6 Å². The molecular weight excluding hydrogens is 82.1 g/mol. The summed E-state index contributed by atoms with van der Waals surface area (Å²) in [5.74, 6) is 0. The Labute approximate surface area is 37.0 Å². The molecule has 0 heterocycles. The summed E-state index contributed by atoms with van der Waals surface area (Å²) in [5, 5.41) is 7.39. The van der Waals surface area contributed by atoms with E-state index in [0.717, 1.165) is 0 Å². The Morgan fingerprint density at radius 2 is 2.20 bits per heavy atom. The van der Waals surface area contributed by atoms with Crippen LogP contribution < -0.4 is 0 Å². The minimum Gasteiger partial charge on any atom is -0.197 e. The molecule has 1 atom stereocenters. The van der Waals surface area contributed by atoms with Gasteiger partial charge in [0.1, 0.15) is 0 Å².